The van der Waals surface area contributed by atoms with Gasteiger partial charge in [0.2, 0.25) is 11.8 Å². The van der Waals surface area contributed by atoms with Crippen LogP contribution in [0.2, 0.25) is 10.0 Å². The van der Waals surface area contributed by atoms with Crippen molar-refractivity contribution in [2.75, 3.05) is 22.9 Å². The standard InChI is InChI=1S/C22H22ClN3O2.C22H20ClN3O2/c2*1-13(2)21-24-20-17-5-4-12-25(14(3)27)19(17)11-10-18(20)22(28)26(21)16-8-6-15(23)7-9-16/h6-11,13H,4-5,12H2,1-3H3;4-11,13H,12H2,1-3H3. The van der Waals surface area contributed by atoms with E-state index in [1.807, 2.05) is 76.2 Å². The van der Waals surface area contributed by atoms with Gasteiger partial charge in [-0.1, -0.05) is 63.0 Å². The summed E-state index contributed by atoms with van der Waals surface area (Å²) in [5.41, 5.74) is 6.03. The predicted octanol–water partition coefficient (Wildman–Crippen LogP) is 9.00. The molecule has 2 aliphatic rings. The average molecular weight is 790 g/mol. The average Bonchev–Trinajstić information content (AvgIpc) is 3.18. The molecule has 0 unspecified atom stereocenters. The maximum absolute atomic E-state index is 13.4. The number of fused-ring (bicyclic) bond motifs is 6. The van der Waals surface area contributed by atoms with E-state index in [1.165, 1.54) is 0 Å². The van der Waals surface area contributed by atoms with Gasteiger partial charge < -0.3 is 9.80 Å². The van der Waals surface area contributed by atoms with E-state index >= 15 is 0 Å². The van der Waals surface area contributed by atoms with Crippen LogP contribution in [0.1, 0.15) is 82.6 Å². The highest BCUT2D eigenvalue weighted by molar-refractivity contribution is 6.30. The number of hydrogen-bond acceptors (Lipinski definition) is 6. The Labute approximate surface area is 334 Å². The first-order valence-corrected chi connectivity index (χ1v) is 19.4. The monoisotopic (exact) mass is 788 g/mol. The van der Waals surface area contributed by atoms with E-state index < -0.39 is 0 Å². The van der Waals surface area contributed by atoms with Gasteiger partial charge >= 0.3 is 0 Å². The van der Waals surface area contributed by atoms with Gasteiger partial charge in [-0.2, -0.15) is 0 Å². The van der Waals surface area contributed by atoms with Crippen molar-refractivity contribution in [3.8, 4) is 11.4 Å². The Morgan fingerprint density at radius 3 is 1.62 bits per heavy atom. The second kappa shape index (κ2) is 15.5. The number of carbonyl (C=O) groups is 2. The second-order valence-corrected chi connectivity index (χ2v) is 15.5. The third-order valence-electron chi connectivity index (χ3n) is 10.2. The van der Waals surface area contributed by atoms with Gasteiger partial charge in [0, 0.05) is 65.6 Å². The van der Waals surface area contributed by atoms with E-state index in [4.69, 9.17) is 33.2 Å². The summed E-state index contributed by atoms with van der Waals surface area (Å²) in [6, 6.07) is 21.6. The number of nitrogens with zero attached hydrogens (tertiary/aromatic N) is 6. The van der Waals surface area contributed by atoms with Crippen LogP contribution in [0.3, 0.4) is 0 Å². The lowest BCUT2D eigenvalue weighted by Crippen LogP contribution is -2.34. The first-order valence-electron chi connectivity index (χ1n) is 18.7. The zero-order chi connectivity index (χ0) is 40.0. The molecule has 0 atom stereocenters. The van der Waals surface area contributed by atoms with Gasteiger partial charge in [-0.05, 0) is 85.6 Å². The van der Waals surface area contributed by atoms with Crippen molar-refractivity contribution in [3.05, 3.63) is 132 Å². The van der Waals surface area contributed by atoms with Crippen LogP contribution in [0, 0.1) is 0 Å². The number of anilines is 2. The van der Waals surface area contributed by atoms with Gasteiger partial charge in [0.05, 0.1) is 38.9 Å². The van der Waals surface area contributed by atoms with Crippen LogP contribution in [-0.4, -0.2) is 44.0 Å². The van der Waals surface area contributed by atoms with E-state index in [2.05, 4.69) is 0 Å². The van der Waals surface area contributed by atoms with Crippen LogP contribution in [0.5, 0.6) is 0 Å². The molecular weight excluding hydrogens is 747 g/mol. The minimum absolute atomic E-state index is 0.0129. The molecule has 10 nitrogen and oxygen atoms in total. The molecule has 12 heteroatoms. The summed E-state index contributed by atoms with van der Waals surface area (Å²) in [4.78, 5) is 64.2. The Morgan fingerprint density at radius 2 is 1.12 bits per heavy atom. The van der Waals surface area contributed by atoms with E-state index in [0.29, 0.717) is 56.6 Å². The largest absolute Gasteiger partial charge is 0.312 e. The number of benzene rings is 4. The van der Waals surface area contributed by atoms with E-state index in [9.17, 15) is 19.2 Å². The second-order valence-electron chi connectivity index (χ2n) is 14.6. The van der Waals surface area contributed by atoms with E-state index in [-0.39, 0.29) is 34.8 Å². The normalized spacial score (nSPS) is 13.5. The third-order valence-corrected chi connectivity index (χ3v) is 10.7. The van der Waals surface area contributed by atoms with Crippen molar-refractivity contribution in [3.63, 3.8) is 0 Å². The minimum atomic E-state index is -0.132. The number of carbonyl (C=O) groups excluding carboxylic acids is 2. The van der Waals surface area contributed by atoms with Crippen molar-refractivity contribution in [2.45, 2.75) is 66.2 Å². The molecule has 6 aromatic rings. The highest BCUT2D eigenvalue weighted by Gasteiger charge is 2.26. The molecule has 8 rings (SSSR count). The van der Waals surface area contributed by atoms with Gasteiger partial charge in [-0.25, -0.2) is 9.97 Å². The Bertz CT molecular complexity index is 2680. The van der Waals surface area contributed by atoms with Crippen LogP contribution in [0.4, 0.5) is 11.4 Å². The molecule has 2 aromatic heterocycles. The summed E-state index contributed by atoms with van der Waals surface area (Å²) in [6.45, 7) is 12.4. The smallest absolute Gasteiger partial charge is 0.266 e. The Balaban J connectivity index is 0.000000172. The first-order chi connectivity index (χ1) is 26.8. The molecular formula is C44H42Cl2N6O4. The molecule has 4 aromatic carbocycles. The molecule has 0 bridgehead atoms. The van der Waals surface area contributed by atoms with Crippen LogP contribution in [0.15, 0.2) is 88.5 Å². The van der Waals surface area contributed by atoms with Gasteiger partial charge in [0.25, 0.3) is 11.1 Å². The Kier molecular flexibility index (Phi) is 10.7. The Hall–Kier alpha value is -5.58. The summed E-state index contributed by atoms with van der Waals surface area (Å²) < 4.78 is 3.31. The fourth-order valence-electron chi connectivity index (χ4n) is 7.48. The lowest BCUT2D eigenvalue weighted by Gasteiger charge is -2.29. The summed E-state index contributed by atoms with van der Waals surface area (Å²) in [5.74, 6) is 1.42. The van der Waals surface area contributed by atoms with Gasteiger partial charge in [0.1, 0.15) is 11.6 Å². The predicted molar refractivity (Wildman–Crippen MR) is 226 cm³/mol. The Morgan fingerprint density at radius 1 is 0.643 bits per heavy atom. The number of hydrogen-bond donors (Lipinski definition) is 0. The van der Waals surface area contributed by atoms with Crippen LogP contribution in [0.25, 0.3) is 39.3 Å². The van der Waals surface area contributed by atoms with E-state index in [1.54, 1.807) is 69.2 Å². The van der Waals surface area contributed by atoms with Crippen molar-refractivity contribution in [1.29, 1.82) is 0 Å². The molecule has 286 valence electrons. The molecule has 0 aliphatic carbocycles. The van der Waals surface area contributed by atoms with Crippen molar-refractivity contribution >= 4 is 74.3 Å². The summed E-state index contributed by atoms with van der Waals surface area (Å²) >= 11 is 12.0. The summed E-state index contributed by atoms with van der Waals surface area (Å²) in [5, 5.41) is 2.33. The van der Waals surface area contributed by atoms with Gasteiger partial charge in [0.15, 0.2) is 0 Å². The molecule has 0 spiro atoms. The highest BCUT2D eigenvalue weighted by atomic mass is 35.5. The zero-order valence-electron chi connectivity index (χ0n) is 32.1. The number of rotatable bonds is 4. The van der Waals surface area contributed by atoms with Crippen LogP contribution >= 0.6 is 23.2 Å². The zero-order valence-corrected chi connectivity index (χ0v) is 33.7. The number of aryl methyl sites for hydroxylation is 1. The van der Waals surface area contributed by atoms with Crippen molar-refractivity contribution in [1.82, 2.24) is 19.1 Å². The van der Waals surface area contributed by atoms with Crippen molar-refractivity contribution in [2.24, 2.45) is 0 Å². The molecule has 2 amide bonds. The van der Waals surface area contributed by atoms with Crippen LogP contribution < -0.4 is 20.9 Å². The van der Waals surface area contributed by atoms with Gasteiger partial charge in [-0.15, -0.1) is 0 Å². The molecule has 0 fully saturated rings. The topological polar surface area (TPSA) is 110 Å². The number of amides is 2. The SMILES string of the molecule is CC(=O)N1CC=Cc2c1ccc1c(=O)n(-c3ccc(Cl)cc3)c(C(C)C)nc21.CC(=O)N1CCCc2c1ccc1c(=O)n(-c3ccc(Cl)cc3)c(C(C)C)nc21. The lowest BCUT2D eigenvalue weighted by molar-refractivity contribution is -0.117. The van der Waals surface area contributed by atoms with E-state index in [0.717, 1.165) is 46.7 Å². The maximum atomic E-state index is 13.4. The summed E-state index contributed by atoms with van der Waals surface area (Å²) in [6.07, 6.45) is 5.54. The van der Waals surface area contributed by atoms with Gasteiger partial charge in [-0.3, -0.25) is 28.3 Å². The fraction of sp³-hybridized carbons (Fsp3) is 0.273. The lowest BCUT2D eigenvalue weighted by atomic mass is 9.98. The molecule has 0 radical (unpaired) electrons. The maximum Gasteiger partial charge on any atom is 0.266 e. The molecule has 0 N–H and O–H groups in total. The molecule has 56 heavy (non-hydrogen) atoms. The molecule has 2 aliphatic heterocycles. The van der Waals surface area contributed by atoms with Crippen LogP contribution in [-0.2, 0) is 16.0 Å². The summed E-state index contributed by atoms with van der Waals surface area (Å²) in [7, 11) is 0. The molecule has 0 saturated heterocycles. The minimum Gasteiger partial charge on any atom is -0.312 e. The molecule has 4 heterocycles. The fourth-order valence-corrected chi connectivity index (χ4v) is 7.73. The number of aromatic nitrogens is 4. The van der Waals surface area contributed by atoms with Crippen molar-refractivity contribution < 1.29 is 9.59 Å². The first kappa shape index (κ1) is 38.7. The highest BCUT2D eigenvalue weighted by Crippen LogP contribution is 2.34. The third kappa shape index (κ3) is 7.03. The number of halogens is 2. The quantitative estimate of drug-likeness (QED) is 0.176. The molecule has 0 saturated carbocycles.